The van der Waals surface area contributed by atoms with Crippen LogP contribution >= 0.6 is 0 Å². The van der Waals surface area contributed by atoms with Gasteiger partial charge in [0.05, 0.1) is 12.9 Å². The Labute approximate surface area is 106 Å². The van der Waals surface area contributed by atoms with Gasteiger partial charge < -0.3 is 4.74 Å². The van der Waals surface area contributed by atoms with E-state index in [9.17, 15) is 8.42 Å². The summed E-state index contributed by atoms with van der Waals surface area (Å²) in [6.45, 7) is 4.10. The fourth-order valence-electron chi connectivity index (χ4n) is 1.43. The van der Waals surface area contributed by atoms with Gasteiger partial charge in [0, 0.05) is 13.2 Å². The van der Waals surface area contributed by atoms with Crippen LogP contribution in [0, 0.1) is 0 Å². The van der Waals surface area contributed by atoms with E-state index in [0.29, 0.717) is 0 Å². The fraction of sp³-hybridized carbons (Fsp3) is 1.00. The zero-order valence-corrected chi connectivity index (χ0v) is 11.9. The first kappa shape index (κ1) is 16.9. The lowest BCUT2D eigenvalue weighted by Crippen LogP contribution is -2.04. The van der Waals surface area contributed by atoms with Crippen molar-refractivity contribution in [2.24, 2.45) is 0 Å². The maximum atomic E-state index is 10.6. The van der Waals surface area contributed by atoms with Crippen LogP contribution in [-0.2, 0) is 19.0 Å². The van der Waals surface area contributed by atoms with Gasteiger partial charge >= 0.3 is 0 Å². The van der Waals surface area contributed by atoms with Crippen LogP contribution in [-0.4, -0.2) is 34.5 Å². The molecular weight excluding hydrogens is 240 g/mol. The standard InChI is InChI=1S/C12H26O4S/c1-3-4-5-7-10-15-11-8-6-9-12-16-17(2,13)14/h3-12H2,1-2H3. The molecule has 0 unspecified atom stereocenters. The summed E-state index contributed by atoms with van der Waals surface area (Å²) < 4.78 is 31.4. The molecule has 0 aromatic rings. The van der Waals surface area contributed by atoms with Crippen molar-refractivity contribution in [3.8, 4) is 0 Å². The molecule has 0 saturated heterocycles. The van der Waals surface area contributed by atoms with E-state index < -0.39 is 10.1 Å². The summed E-state index contributed by atoms with van der Waals surface area (Å²) in [7, 11) is -3.27. The lowest BCUT2D eigenvalue weighted by Gasteiger charge is -2.04. The Hall–Kier alpha value is -0.130. The molecule has 5 heteroatoms. The first-order valence-electron chi connectivity index (χ1n) is 6.48. The van der Waals surface area contributed by atoms with E-state index in [1.54, 1.807) is 0 Å². The van der Waals surface area contributed by atoms with E-state index in [1.807, 2.05) is 0 Å². The molecule has 0 heterocycles. The minimum absolute atomic E-state index is 0.287. The minimum Gasteiger partial charge on any atom is -0.381 e. The van der Waals surface area contributed by atoms with Crippen LogP contribution in [0.2, 0.25) is 0 Å². The number of hydrogen-bond donors (Lipinski definition) is 0. The van der Waals surface area contributed by atoms with E-state index in [-0.39, 0.29) is 6.61 Å². The third-order valence-electron chi connectivity index (χ3n) is 2.37. The van der Waals surface area contributed by atoms with Crippen LogP contribution in [0.3, 0.4) is 0 Å². The topological polar surface area (TPSA) is 52.6 Å². The van der Waals surface area contributed by atoms with Crippen molar-refractivity contribution in [3.63, 3.8) is 0 Å². The lowest BCUT2D eigenvalue weighted by atomic mass is 10.2. The van der Waals surface area contributed by atoms with E-state index in [1.165, 1.54) is 19.3 Å². The summed E-state index contributed by atoms with van der Waals surface area (Å²) in [4.78, 5) is 0. The molecule has 0 N–H and O–H groups in total. The highest BCUT2D eigenvalue weighted by Gasteiger charge is 2.00. The van der Waals surface area contributed by atoms with Crippen molar-refractivity contribution in [1.82, 2.24) is 0 Å². The van der Waals surface area contributed by atoms with Gasteiger partial charge in [-0.25, -0.2) is 0 Å². The Morgan fingerprint density at radius 3 is 1.88 bits per heavy atom. The fourth-order valence-corrected chi connectivity index (χ4v) is 1.85. The molecular formula is C12H26O4S. The first-order chi connectivity index (χ1) is 8.06. The highest BCUT2D eigenvalue weighted by Crippen LogP contribution is 2.01. The number of ether oxygens (including phenoxy) is 1. The summed E-state index contributed by atoms with van der Waals surface area (Å²) >= 11 is 0. The minimum atomic E-state index is -3.27. The third-order valence-corrected chi connectivity index (χ3v) is 2.97. The van der Waals surface area contributed by atoms with Crippen LogP contribution in [0.4, 0.5) is 0 Å². The Morgan fingerprint density at radius 1 is 0.824 bits per heavy atom. The van der Waals surface area contributed by atoms with Gasteiger partial charge in [0.25, 0.3) is 10.1 Å². The van der Waals surface area contributed by atoms with E-state index in [4.69, 9.17) is 4.74 Å². The van der Waals surface area contributed by atoms with Gasteiger partial charge in [0.1, 0.15) is 0 Å². The summed E-state index contributed by atoms with van der Waals surface area (Å²) in [5.41, 5.74) is 0. The Morgan fingerprint density at radius 2 is 1.35 bits per heavy atom. The summed E-state index contributed by atoms with van der Waals surface area (Å²) in [6, 6.07) is 0. The van der Waals surface area contributed by atoms with Crippen molar-refractivity contribution >= 4 is 10.1 Å². The molecule has 0 fully saturated rings. The molecule has 0 aromatic carbocycles. The summed E-state index contributed by atoms with van der Waals surface area (Å²) in [6.07, 6.45) is 8.69. The molecule has 0 aliphatic rings. The van der Waals surface area contributed by atoms with Gasteiger partial charge in [-0.05, 0) is 25.7 Å². The first-order valence-corrected chi connectivity index (χ1v) is 8.30. The Kier molecular flexibility index (Phi) is 10.9. The highest BCUT2D eigenvalue weighted by atomic mass is 32.2. The summed E-state index contributed by atoms with van der Waals surface area (Å²) in [5, 5.41) is 0. The normalized spacial score (nSPS) is 11.9. The van der Waals surface area contributed by atoms with Crippen molar-refractivity contribution in [2.45, 2.75) is 51.9 Å². The average molecular weight is 266 g/mol. The zero-order valence-electron chi connectivity index (χ0n) is 11.1. The van der Waals surface area contributed by atoms with E-state index in [0.717, 1.165) is 45.2 Å². The van der Waals surface area contributed by atoms with Crippen LogP contribution in [0.1, 0.15) is 51.9 Å². The van der Waals surface area contributed by atoms with Crippen LogP contribution in [0.25, 0.3) is 0 Å². The second-order valence-electron chi connectivity index (χ2n) is 4.26. The van der Waals surface area contributed by atoms with E-state index in [2.05, 4.69) is 11.1 Å². The molecule has 104 valence electrons. The maximum absolute atomic E-state index is 10.6. The highest BCUT2D eigenvalue weighted by molar-refractivity contribution is 7.85. The average Bonchev–Trinajstić information content (AvgIpc) is 2.24. The lowest BCUT2D eigenvalue weighted by molar-refractivity contribution is 0.125. The molecule has 0 amide bonds. The zero-order chi connectivity index (χ0) is 13.0. The summed E-state index contributed by atoms with van der Waals surface area (Å²) in [5.74, 6) is 0. The predicted molar refractivity (Wildman–Crippen MR) is 69.6 cm³/mol. The Balaban J connectivity index is 3.04. The smallest absolute Gasteiger partial charge is 0.264 e. The largest absolute Gasteiger partial charge is 0.381 e. The van der Waals surface area contributed by atoms with Crippen molar-refractivity contribution in [2.75, 3.05) is 26.1 Å². The maximum Gasteiger partial charge on any atom is 0.264 e. The molecule has 0 saturated carbocycles. The van der Waals surface area contributed by atoms with Crippen molar-refractivity contribution < 1.29 is 17.3 Å². The van der Waals surface area contributed by atoms with Gasteiger partial charge in [0.2, 0.25) is 0 Å². The molecule has 4 nitrogen and oxygen atoms in total. The second-order valence-corrected chi connectivity index (χ2v) is 5.90. The molecule has 17 heavy (non-hydrogen) atoms. The van der Waals surface area contributed by atoms with Crippen molar-refractivity contribution in [1.29, 1.82) is 0 Å². The van der Waals surface area contributed by atoms with Crippen LogP contribution in [0.5, 0.6) is 0 Å². The SMILES string of the molecule is CCCCCCOCCCCCOS(C)(=O)=O. The van der Waals surface area contributed by atoms with Crippen LogP contribution in [0.15, 0.2) is 0 Å². The van der Waals surface area contributed by atoms with Gasteiger partial charge in [-0.15, -0.1) is 0 Å². The molecule has 0 aliphatic heterocycles. The van der Waals surface area contributed by atoms with Gasteiger partial charge in [-0.2, -0.15) is 8.42 Å². The predicted octanol–water partition coefficient (Wildman–Crippen LogP) is 2.73. The number of unbranched alkanes of at least 4 members (excludes halogenated alkanes) is 5. The van der Waals surface area contributed by atoms with Gasteiger partial charge in [-0.3, -0.25) is 4.18 Å². The van der Waals surface area contributed by atoms with Crippen LogP contribution < -0.4 is 0 Å². The molecule has 0 aromatic heterocycles. The Bertz CT molecular complexity index is 249. The molecule has 0 radical (unpaired) electrons. The molecule has 0 spiro atoms. The second kappa shape index (κ2) is 11.0. The van der Waals surface area contributed by atoms with Gasteiger partial charge in [-0.1, -0.05) is 26.2 Å². The van der Waals surface area contributed by atoms with Gasteiger partial charge in [0.15, 0.2) is 0 Å². The quantitative estimate of drug-likeness (QED) is 0.402. The number of hydrogen-bond acceptors (Lipinski definition) is 4. The third kappa shape index (κ3) is 15.9. The molecule has 0 rings (SSSR count). The molecule has 0 bridgehead atoms. The monoisotopic (exact) mass is 266 g/mol. The van der Waals surface area contributed by atoms with Crippen molar-refractivity contribution in [3.05, 3.63) is 0 Å². The van der Waals surface area contributed by atoms with E-state index >= 15 is 0 Å². The number of rotatable bonds is 12. The molecule has 0 aliphatic carbocycles. The molecule has 0 atom stereocenters.